The van der Waals surface area contributed by atoms with E-state index in [0.29, 0.717) is 51.8 Å². The Hall–Kier alpha value is -3.59. The highest BCUT2D eigenvalue weighted by atomic mass is 35.5. The number of halogens is 1. The van der Waals surface area contributed by atoms with Gasteiger partial charge in [-0.05, 0) is 30.7 Å². The topological polar surface area (TPSA) is 112 Å². The third-order valence-corrected chi connectivity index (χ3v) is 5.02. The van der Waals surface area contributed by atoms with Gasteiger partial charge in [-0.1, -0.05) is 11.6 Å². The molecular formula is C22H23ClN4O5. The van der Waals surface area contributed by atoms with E-state index in [1.165, 1.54) is 32.0 Å². The molecule has 2 N–H and O–H groups in total. The first-order valence-electron chi connectivity index (χ1n) is 9.80. The van der Waals surface area contributed by atoms with Crippen molar-refractivity contribution in [3.63, 3.8) is 0 Å². The van der Waals surface area contributed by atoms with Crippen molar-refractivity contribution < 1.29 is 19.1 Å². The van der Waals surface area contributed by atoms with Crippen molar-refractivity contribution >= 4 is 45.7 Å². The molecule has 2 aromatic carbocycles. The lowest BCUT2D eigenvalue weighted by molar-refractivity contribution is -0.116. The van der Waals surface area contributed by atoms with Crippen LogP contribution in [-0.2, 0) is 16.1 Å². The Labute approximate surface area is 189 Å². The van der Waals surface area contributed by atoms with Crippen LogP contribution in [0.15, 0.2) is 41.5 Å². The molecule has 0 spiro atoms. The zero-order valence-corrected chi connectivity index (χ0v) is 18.7. The van der Waals surface area contributed by atoms with Gasteiger partial charge in [-0.25, -0.2) is 4.98 Å². The number of carbonyl (C=O) groups excluding carboxylic acids is 2. The summed E-state index contributed by atoms with van der Waals surface area (Å²) in [5, 5.41) is 6.11. The van der Waals surface area contributed by atoms with Crippen molar-refractivity contribution in [2.24, 2.45) is 0 Å². The van der Waals surface area contributed by atoms with Crippen molar-refractivity contribution in [1.82, 2.24) is 9.55 Å². The molecule has 9 nitrogen and oxygen atoms in total. The number of aryl methyl sites for hydroxylation is 1. The van der Waals surface area contributed by atoms with Crippen LogP contribution in [0.1, 0.15) is 19.8 Å². The van der Waals surface area contributed by atoms with Gasteiger partial charge in [0.15, 0.2) is 11.5 Å². The summed E-state index contributed by atoms with van der Waals surface area (Å²) in [6.45, 7) is 1.70. The average molecular weight is 459 g/mol. The summed E-state index contributed by atoms with van der Waals surface area (Å²) >= 11 is 6.13. The van der Waals surface area contributed by atoms with Crippen LogP contribution in [0, 0.1) is 0 Å². The van der Waals surface area contributed by atoms with Crippen LogP contribution in [0.4, 0.5) is 11.4 Å². The molecule has 0 radical (unpaired) electrons. The maximum absolute atomic E-state index is 12.8. The number of carbonyl (C=O) groups is 2. The van der Waals surface area contributed by atoms with Gasteiger partial charge in [0, 0.05) is 31.6 Å². The zero-order chi connectivity index (χ0) is 23.3. The highest BCUT2D eigenvalue weighted by Gasteiger charge is 2.12. The van der Waals surface area contributed by atoms with Gasteiger partial charge in [-0.2, -0.15) is 0 Å². The Balaban J connectivity index is 1.66. The van der Waals surface area contributed by atoms with E-state index in [0.717, 1.165) is 0 Å². The van der Waals surface area contributed by atoms with Crippen LogP contribution >= 0.6 is 11.6 Å². The van der Waals surface area contributed by atoms with E-state index in [9.17, 15) is 14.4 Å². The molecule has 0 bridgehead atoms. The number of fused-ring (bicyclic) bond motifs is 1. The number of rotatable bonds is 8. The lowest BCUT2D eigenvalue weighted by Gasteiger charge is -2.11. The largest absolute Gasteiger partial charge is 0.493 e. The maximum atomic E-state index is 12.8. The highest BCUT2D eigenvalue weighted by molar-refractivity contribution is 6.33. The Morgan fingerprint density at radius 1 is 1.09 bits per heavy atom. The summed E-state index contributed by atoms with van der Waals surface area (Å²) in [5.74, 6) is 0.437. The molecule has 0 atom stereocenters. The number of benzene rings is 2. The second-order valence-electron chi connectivity index (χ2n) is 6.99. The smallest absolute Gasteiger partial charge is 0.261 e. The fourth-order valence-corrected chi connectivity index (χ4v) is 3.33. The lowest BCUT2D eigenvalue weighted by atomic mass is 10.2. The molecule has 1 heterocycles. The number of methoxy groups -OCH3 is 2. The van der Waals surface area contributed by atoms with Crippen LogP contribution in [0.2, 0.25) is 5.02 Å². The molecule has 0 aliphatic rings. The highest BCUT2D eigenvalue weighted by Crippen LogP contribution is 2.30. The molecule has 0 unspecified atom stereocenters. The van der Waals surface area contributed by atoms with Gasteiger partial charge in [-0.3, -0.25) is 19.0 Å². The Morgan fingerprint density at radius 2 is 1.81 bits per heavy atom. The average Bonchev–Trinajstić information content (AvgIpc) is 2.76. The number of aromatic nitrogens is 2. The number of hydrogen-bond donors (Lipinski definition) is 2. The van der Waals surface area contributed by atoms with Crippen LogP contribution < -0.4 is 25.7 Å². The normalized spacial score (nSPS) is 10.6. The number of amides is 2. The van der Waals surface area contributed by atoms with E-state index in [2.05, 4.69) is 15.6 Å². The van der Waals surface area contributed by atoms with Gasteiger partial charge in [0.1, 0.15) is 0 Å². The summed E-state index contributed by atoms with van der Waals surface area (Å²) in [5.41, 5.74) is 1.18. The molecule has 0 saturated heterocycles. The predicted molar refractivity (Wildman–Crippen MR) is 123 cm³/mol. The van der Waals surface area contributed by atoms with E-state index in [4.69, 9.17) is 21.1 Å². The van der Waals surface area contributed by atoms with Gasteiger partial charge in [0.05, 0.1) is 42.2 Å². The molecule has 32 heavy (non-hydrogen) atoms. The maximum Gasteiger partial charge on any atom is 0.261 e. The molecular weight excluding hydrogens is 436 g/mol. The van der Waals surface area contributed by atoms with E-state index in [1.54, 1.807) is 30.3 Å². The Morgan fingerprint density at radius 3 is 2.50 bits per heavy atom. The fraction of sp³-hybridized carbons (Fsp3) is 0.273. The minimum atomic E-state index is -0.264. The van der Waals surface area contributed by atoms with Crippen molar-refractivity contribution in [1.29, 1.82) is 0 Å². The summed E-state index contributed by atoms with van der Waals surface area (Å²) in [4.78, 5) is 40.7. The number of nitrogens with zero attached hydrogens (tertiary/aromatic N) is 2. The van der Waals surface area contributed by atoms with Crippen LogP contribution in [-0.4, -0.2) is 35.6 Å². The minimum Gasteiger partial charge on any atom is -0.493 e. The molecule has 2 amide bonds. The number of ether oxygens (including phenoxy) is 2. The zero-order valence-electron chi connectivity index (χ0n) is 17.9. The summed E-state index contributed by atoms with van der Waals surface area (Å²) in [6.07, 6.45) is 2.02. The van der Waals surface area contributed by atoms with E-state index >= 15 is 0 Å². The second-order valence-corrected chi connectivity index (χ2v) is 7.40. The first-order chi connectivity index (χ1) is 15.3. The Kier molecular flexibility index (Phi) is 7.32. The van der Waals surface area contributed by atoms with Crippen molar-refractivity contribution in [3.8, 4) is 11.5 Å². The third kappa shape index (κ3) is 5.36. The van der Waals surface area contributed by atoms with Gasteiger partial charge in [0.25, 0.3) is 5.56 Å². The molecule has 10 heteroatoms. The first kappa shape index (κ1) is 23.1. The molecule has 0 aliphatic heterocycles. The summed E-state index contributed by atoms with van der Waals surface area (Å²) in [7, 11) is 3.01. The summed E-state index contributed by atoms with van der Waals surface area (Å²) < 4.78 is 12.0. The number of anilines is 2. The molecule has 3 rings (SSSR count). The monoisotopic (exact) mass is 458 g/mol. The van der Waals surface area contributed by atoms with Gasteiger partial charge >= 0.3 is 0 Å². The van der Waals surface area contributed by atoms with Gasteiger partial charge in [-0.15, -0.1) is 0 Å². The quantitative estimate of drug-likeness (QED) is 0.534. The molecule has 0 saturated carbocycles. The molecule has 0 fully saturated rings. The van der Waals surface area contributed by atoms with Crippen LogP contribution in [0.25, 0.3) is 10.9 Å². The Bertz CT molecular complexity index is 1220. The van der Waals surface area contributed by atoms with E-state index in [1.807, 2.05) is 0 Å². The lowest BCUT2D eigenvalue weighted by Crippen LogP contribution is -2.22. The van der Waals surface area contributed by atoms with Gasteiger partial charge < -0.3 is 20.1 Å². The molecule has 3 aromatic rings. The molecule has 1 aromatic heterocycles. The second kappa shape index (κ2) is 10.1. The predicted octanol–water partition coefficient (Wildman–Crippen LogP) is 3.44. The van der Waals surface area contributed by atoms with Crippen molar-refractivity contribution in [2.75, 3.05) is 24.9 Å². The van der Waals surface area contributed by atoms with Crippen molar-refractivity contribution in [3.05, 3.63) is 52.0 Å². The van der Waals surface area contributed by atoms with Crippen molar-refractivity contribution in [2.45, 2.75) is 26.3 Å². The number of hydrogen-bond acceptors (Lipinski definition) is 6. The van der Waals surface area contributed by atoms with E-state index in [-0.39, 0.29) is 23.8 Å². The van der Waals surface area contributed by atoms with Gasteiger partial charge in [0.2, 0.25) is 11.8 Å². The minimum absolute atomic E-state index is 0.164. The first-order valence-corrected chi connectivity index (χ1v) is 10.2. The number of nitrogens with one attached hydrogen (secondary N) is 2. The standard InChI is InChI=1S/C22H23ClN4O5/c1-13(28)25-14-6-7-16(23)18(9-14)26-21(29)5-4-8-27-12-24-17-11-20(32-3)19(31-2)10-15(17)22(27)30/h6-7,9-12H,4-5,8H2,1-3H3,(H,25,28)(H,26,29). The van der Waals surface area contributed by atoms with Crippen LogP contribution in [0.5, 0.6) is 11.5 Å². The molecule has 168 valence electrons. The summed E-state index contributed by atoms with van der Waals surface area (Å²) in [6, 6.07) is 8.05. The molecule has 0 aliphatic carbocycles. The fourth-order valence-electron chi connectivity index (χ4n) is 3.17. The third-order valence-electron chi connectivity index (χ3n) is 4.69. The SMILES string of the molecule is COc1cc2ncn(CCCC(=O)Nc3cc(NC(C)=O)ccc3Cl)c(=O)c2cc1OC. The van der Waals surface area contributed by atoms with Crippen LogP contribution in [0.3, 0.4) is 0 Å². The van der Waals surface area contributed by atoms with E-state index < -0.39 is 0 Å².